The highest BCUT2D eigenvalue weighted by Crippen LogP contribution is 2.30. The molecule has 0 amide bonds. The van der Waals surface area contributed by atoms with Crippen LogP contribution in [0.1, 0.15) is 0 Å². The van der Waals surface area contributed by atoms with Gasteiger partial charge in [-0.1, -0.05) is 29.8 Å². The predicted octanol–water partition coefficient (Wildman–Crippen LogP) is 4.93. The zero-order chi connectivity index (χ0) is 20.3. The number of halogens is 1. The van der Waals surface area contributed by atoms with Crippen LogP contribution in [-0.4, -0.2) is 41.3 Å². The molecule has 0 radical (unpaired) electrons. The molecule has 0 aliphatic carbocycles. The van der Waals surface area contributed by atoms with Crippen LogP contribution in [0.15, 0.2) is 67.1 Å². The highest BCUT2D eigenvalue weighted by molar-refractivity contribution is 6.33. The lowest BCUT2D eigenvalue weighted by Gasteiger charge is -2.27. The largest absolute Gasteiger partial charge is 0.378 e. The second-order valence-electron chi connectivity index (χ2n) is 7.06. The Morgan fingerprint density at radius 3 is 2.53 bits per heavy atom. The number of nitrogens with zero attached hydrogens (tertiary/aromatic N) is 4. The molecular weight excluding hydrogens is 398 g/mol. The summed E-state index contributed by atoms with van der Waals surface area (Å²) in [6.07, 6.45) is 3.47. The van der Waals surface area contributed by atoms with Gasteiger partial charge in [0, 0.05) is 30.2 Å². The van der Waals surface area contributed by atoms with E-state index in [0.29, 0.717) is 5.02 Å². The van der Waals surface area contributed by atoms with E-state index in [1.54, 1.807) is 6.33 Å². The lowest BCUT2D eigenvalue weighted by Crippen LogP contribution is -2.36. The molecular formula is C23H20ClN5O. The minimum atomic E-state index is 0.646. The molecule has 6 nitrogen and oxygen atoms in total. The first kappa shape index (κ1) is 18.8. The molecule has 0 spiro atoms. The van der Waals surface area contributed by atoms with Crippen molar-refractivity contribution in [3.8, 4) is 11.1 Å². The van der Waals surface area contributed by atoms with Crippen LogP contribution in [0.25, 0.3) is 22.0 Å². The molecule has 30 heavy (non-hydrogen) atoms. The van der Waals surface area contributed by atoms with E-state index >= 15 is 0 Å². The van der Waals surface area contributed by atoms with Crippen LogP contribution in [0.2, 0.25) is 5.02 Å². The fraction of sp³-hybridized carbons (Fsp3) is 0.174. The van der Waals surface area contributed by atoms with Crippen LogP contribution in [0.3, 0.4) is 0 Å². The van der Waals surface area contributed by atoms with Crippen LogP contribution in [-0.2, 0) is 4.74 Å². The molecule has 150 valence electrons. The van der Waals surface area contributed by atoms with E-state index in [2.05, 4.69) is 49.4 Å². The molecule has 1 N–H and O–H groups in total. The number of nitrogens with one attached hydrogen (secondary N) is 1. The first-order chi connectivity index (χ1) is 14.8. The van der Waals surface area contributed by atoms with Crippen molar-refractivity contribution in [1.29, 1.82) is 0 Å². The molecule has 0 saturated carbocycles. The Morgan fingerprint density at radius 1 is 0.900 bits per heavy atom. The van der Waals surface area contributed by atoms with Gasteiger partial charge in [-0.3, -0.25) is 0 Å². The summed E-state index contributed by atoms with van der Waals surface area (Å²) in [4.78, 5) is 15.8. The van der Waals surface area contributed by atoms with Gasteiger partial charge < -0.3 is 15.0 Å². The summed E-state index contributed by atoms with van der Waals surface area (Å²) in [5.74, 6) is 1.71. The average molecular weight is 418 g/mol. The van der Waals surface area contributed by atoms with Crippen LogP contribution in [0.5, 0.6) is 0 Å². The van der Waals surface area contributed by atoms with Gasteiger partial charge in [-0.15, -0.1) is 0 Å². The minimum Gasteiger partial charge on any atom is -0.378 e. The molecule has 2 aromatic heterocycles. The molecule has 5 rings (SSSR count). The van der Waals surface area contributed by atoms with Gasteiger partial charge in [0.1, 0.15) is 18.0 Å². The van der Waals surface area contributed by atoms with Crippen molar-refractivity contribution >= 4 is 39.8 Å². The third-order valence-corrected chi connectivity index (χ3v) is 5.51. The molecule has 0 atom stereocenters. The number of para-hydroxylation sites is 1. The van der Waals surface area contributed by atoms with E-state index in [4.69, 9.17) is 16.3 Å². The second kappa shape index (κ2) is 8.26. The average Bonchev–Trinajstić information content (AvgIpc) is 2.81. The summed E-state index contributed by atoms with van der Waals surface area (Å²) >= 11 is 6.28. The number of hydrogen-bond donors (Lipinski definition) is 1. The first-order valence-electron chi connectivity index (χ1n) is 9.83. The number of aromatic nitrogens is 3. The molecule has 1 aliphatic rings. The standard InChI is InChI=1S/C23H20ClN5O/c24-19-3-1-2-4-20(19)28-23-18-7-5-16(13-21(18)26-15-27-23)17-6-8-22(25-14-17)29-9-11-30-12-10-29/h1-8,13-15H,9-12H2,(H,26,27,28). The van der Waals surface area contributed by atoms with Gasteiger partial charge in [-0.05, 0) is 42.0 Å². The summed E-state index contributed by atoms with van der Waals surface area (Å²) < 4.78 is 5.41. The molecule has 4 aromatic rings. The molecule has 1 fully saturated rings. The van der Waals surface area contributed by atoms with Gasteiger partial charge in [-0.25, -0.2) is 15.0 Å². The number of morpholine rings is 1. The van der Waals surface area contributed by atoms with Crippen LogP contribution in [0, 0.1) is 0 Å². The van der Waals surface area contributed by atoms with Crippen molar-refractivity contribution in [2.75, 3.05) is 36.5 Å². The van der Waals surface area contributed by atoms with Crippen LogP contribution < -0.4 is 10.2 Å². The maximum Gasteiger partial charge on any atom is 0.141 e. The van der Waals surface area contributed by atoms with Crippen molar-refractivity contribution in [2.45, 2.75) is 0 Å². The molecule has 1 saturated heterocycles. The van der Waals surface area contributed by atoms with Gasteiger partial charge in [0.2, 0.25) is 0 Å². The Labute approximate surface area is 179 Å². The van der Waals surface area contributed by atoms with E-state index in [9.17, 15) is 0 Å². The summed E-state index contributed by atoms with van der Waals surface area (Å²) in [6.45, 7) is 3.25. The van der Waals surface area contributed by atoms with Gasteiger partial charge in [0.05, 0.1) is 29.4 Å². The van der Waals surface area contributed by atoms with E-state index < -0.39 is 0 Å². The van der Waals surface area contributed by atoms with Crippen molar-refractivity contribution in [2.24, 2.45) is 0 Å². The van der Waals surface area contributed by atoms with Gasteiger partial charge in [0.15, 0.2) is 0 Å². The minimum absolute atomic E-state index is 0.646. The summed E-state index contributed by atoms with van der Waals surface area (Å²) in [5.41, 5.74) is 3.78. The first-order valence-corrected chi connectivity index (χ1v) is 10.2. The Kier molecular flexibility index (Phi) is 5.17. The van der Waals surface area contributed by atoms with Crippen molar-refractivity contribution < 1.29 is 4.74 Å². The zero-order valence-corrected chi connectivity index (χ0v) is 17.0. The van der Waals surface area contributed by atoms with Crippen molar-refractivity contribution in [1.82, 2.24) is 15.0 Å². The van der Waals surface area contributed by atoms with Crippen molar-refractivity contribution in [3.63, 3.8) is 0 Å². The van der Waals surface area contributed by atoms with Gasteiger partial charge in [-0.2, -0.15) is 0 Å². The van der Waals surface area contributed by atoms with Gasteiger partial charge in [0.25, 0.3) is 0 Å². The number of fused-ring (bicyclic) bond motifs is 1. The van der Waals surface area contributed by atoms with E-state index in [0.717, 1.165) is 65.7 Å². The summed E-state index contributed by atoms with van der Waals surface area (Å²) in [6, 6.07) is 17.9. The molecule has 2 aromatic carbocycles. The molecule has 0 unspecified atom stereocenters. The Hall–Kier alpha value is -3.22. The fourth-order valence-corrected chi connectivity index (χ4v) is 3.75. The third-order valence-electron chi connectivity index (χ3n) is 5.18. The zero-order valence-electron chi connectivity index (χ0n) is 16.3. The number of hydrogen-bond acceptors (Lipinski definition) is 6. The normalized spacial score (nSPS) is 14.1. The monoisotopic (exact) mass is 417 g/mol. The molecule has 1 aliphatic heterocycles. The van der Waals surface area contributed by atoms with E-state index in [1.807, 2.05) is 36.5 Å². The fourth-order valence-electron chi connectivity index (χ4n) is 3.56. The van der Waals surface area contributed by atoms with E-state index in [1.165, 1.54) is 0 Å². The predicted molar refractivity (Wildman–Crippen MR) is 121 cm³/mol. The van der Waals surface area contributed by atoms with Crippen molar-refractivity contribution in [3.05, 3.63) is 72.1 Å². The number of benzene rings is 2. The highest BCUT2D eigenvalue weighted by Gasteiger charge is 2.13. The maximum atomic E-state index is 6.28. The SMILES string of the molecule is Clc1ccccc1Nc1ncnc2cc(-c3ccc(N4CCOCC4)nc3)ccc12. The quantitative estimate of drug-likeness (QED) is 0.508. The number of rotatable bonds is 4. The topological polar surface area (TPSA) is 63.2 Å². The van der Waals surface area contributed by atoms with Gasteiger partial charge >= 0.3 is 0 Å². The maximum absolute atomic E-state index is 6.28. The number of pyridine rings is 1. The third kappa shape index (κ3) is 3.79. The lowest BCUT2D eigenvalue weighted by atomic mass is 10.1. The number of anilines is 3. The second-order valence-corrected chi connectivity index (χ2v) is 7.47. The van der Waals surface area contributed by atoms with Crippen LogP contribution in [0.4, 0.5) is 17.3 Å². The van der Waals surface area contributed by atoms with Crippen LogP contribution >= 0.6 is 11.6 Å². The lowest BCUT2D eigenvalue weighted by molar-refractivity contribution is 0.122. The van der Waals surface area contributed by atoms with E-state index in [-0.39, 0.29) is 0 Å². The summed E-state index contributed by atoms with van der Waals surface area (Å²) in [5, 5.41) is 4.88. The molecule has 0 bridgehead atoms. The molecule has 7 heteroatoms. The molecule has 3 heterocycles. The Morgan fingerprint density at radius 2 is 1.73 bits per heavy atom. The smallest absolute Gasteiger partial charge is 0.141 e. The Bertz CT molecular complexity index is 1180. The Balaban J connectivity index is 1.43. The highest BCUT2D eigenvalue weighted by atomic mass is 35.5. The number of ether oxygens (including phenoxy) is 1. The summed E-state index contributed by atoms with van der Waals surface area (Å²) in [7, 11) is 0.